The van der Waals surface area contributed by atoms with Crippen LogP contribution in [0, 0.1) is 5.82 Å². The summed E-state index contributed by atoms with van der Waals surface area (Å²) in [6, 6.07) is 14.4. The molecule has 1 nitrogen and oxygen atoms in total. The molecule has 0 heterocycles. The van der Waals surface area contributed by atoms with Crippen LogP contribution in [-0.4, -0.2) is 5.78 Å². The molecule has 0 fully saturated rings. The van der Waals surface area contributed by atoms with Gasteiger partial charge in [0.25, 0.3) is 0 Å². The van der Waals surface area contributed by atoms with Crippen LogP contribution in [0.1, 0.15) is 17.5 Å². The van der Waals surface area contributed by atoms with Gasteiger partial charge in [-0.2, -0.15) is 0 Å². The standard InChI is InChI=1S/C16H14ClFO/c17-16-13(7-4-8-15(16)18)11-14(19)10-9-12-5-2-1-3-6-12/h1-8H,9-11H2. The van der Waals surface area contributed by atoms with E-state index in [4.69, 9.17) is 11.6 Å². The van der Waals surface area contributed by atoms with Gasteiger partial charge in [0.2, 0.25) is 0 Å². The predicted octanol–water partition coefficient (Wildman–Crippen LogP) is 4.22. The van der Waals surface area contributed by atoms with E-state index in [-0.39, 0.29) is 17.2 Å². The number of carbonyl (C=O) groups is 1. The van der Waals surface area contributed by atoms with E-state index in [2.05, 4.69) is 0 Å². The van der Waals surface area contributed by atoms with Gasteiger partial charge in [-0.3, -0.25) is 4.79 Å². The van der Waals surface area contributed by atoms with E-state index in [1.165, 1.54) is 6.07 Å². The van der Waals surface area contributed by atoms with Gasteiger partial charge in [0.05, 0.1) is 5.02 Å². The molecule has 2 aromatic rings. The highest BCUT2D eigenvalue weighted by molar-refractivity contribution is 6.31. The summed E-state index contributed by atoms with van der Waals surface area (Å²) in [5.41, 5.74) is 1.68. The second-order valence-electron chi connectivity index (χ2n) is 4.41. The molecular weight excluding hydrogens is 263 g/mol. The zero-order valence-corrected chi connectivity index (χ0v) is 11.2. The Bertz CT molecular complexity index is 566. The molecule has 0 saturated carbocycles. The molecule has 0 radical (unpaired) electrons. The van der Waals surface area contributed by atoms with Crippen LogP contribution in [0.4, 0.5) is 4.39 Å². The number of hydrogen-bond donors (Lipinski definition) is 0. The molecule has 0 aliphatic rings. The predicted molar refractivity (Wildman–Crippen MR) is 74.9 cm³/mol. The van der Waals surface area contributed by atoms with Gasteiger partial charge >= 0.3 is 0 Å². The number of Topliss-reactive ketones (excluding diaryl/α,β-unsaturated/α-hetero) is 1. The summed E-state index contributed by atoms with van der Waals surface area (Å²) in [6.07, 6.45) is 1.33. The van der Waals surface area contributed by atoms with Crippen molar-refractivity contribution in [3.8, 4) is 0 Å². The Hall–Kier alpha value is -1.67. The second kappa shape index (κ2) is 6.48. The molecule has 0 aliphatic heterocycles. The minimum absolute atomic E-state index is 0.0514. The van der Waals surface area contributed by atoms with Crippen LogP contribution in [0.25, 0.3) is 0 Å². The van der Waals surface area contributed by atoms with E-state index < -0.39 is 5.82 Å². The Morgan fingerprint density at radius 1 is 1.05 bits per heavy atom. The van der Waals surface area contributed by atoms with E-state index >= 15 is 0 Å². The normalized spacial score (nSPS) is 10.4. The fourth-order valence-corrected chi connectivity index (χ4v) is 2.11. The summed E-state index contributed by atoms with van der Waals surface area (Å²) in [5, 5.41) is 0.0514. The van der Waals surface area contributed by atoms with E-state index in [0.29, 0.717) is 18.4 Å². The first-order valence-electron chi connectivity index (χ1n) is 6.15. The van der Waals surface area contributed by atoms with Crippen molar-refractivity contribution in [2.75, 3.05) is 0 Å². The van der Waals surface area contributed by atoms with Crippen LogP contribution in [-0.2, 0) is 17.6 Å². The third-order valence-electron chi connectivity index (χ3n) is 2.95. The van der Waals surface area contributed by atoms with E-state index in [9.17, 15) is 9.18 Å². The van der Waals surface area contributed by atoms with Crippen molar-refractivity contribution in [2.24, 2.45) is 0 Å². The van der Waals surface area contributed by atoms with Gasteiger partial charge in [-0.1, -0.05) is 54.1 Å². The molecule has 0 unspecified atom stereocenters. The molecule has 0 spiro atoms. The van der Waals surface area contributed by atoms with Gasteiger partial charge in [0, 0.05) is 12.8 Å². The molecule has 19 heavy (non-hydrogen) atoms. The van der Waals surface area contributed by atoms with Gasteiger partial charge < -0.3 is 0 Å². The SMILES string of the molecule is O=C(CCc1ccccc1)Cc1cccc(F)c1Cl. The Labute approximate surface area is 117 Å². The Morgan fingerprint density at radius 3 is 2.53 bits per heavy atom. The summed E-state index contributed by atoms with van der Waals surface area (Å²) in [7, 11) is 0. The van der Waals surface area contributed by atoms with Crippen LogP contribution in [0.3, 0.4) is 0 Å². The van der Waals surface area contributed by atoms with Crippen molar-refractivity contribution < 1.29 is 9.18 Å². The number of halogens is 2. The van der Waals surface area contributed by atoms with Crippen LogP contribution in [0.2, 0.25) is 5.02 Å². The molecule has 0 aromatic heterocycles. The number of rotatable bonds is 5. The summed E-state index contributed by atoms with van der Waals surface area (Å²) >= 11 is 5.83. The molecule has 0 atom stereocenters. The van der Waals surface area contributed by atoms with Gasteiger partial charge in [-0.25, -0.2) is 4.39 Å². The molecule has 0 amide bonds. The van der Waals surface area contributed by atoms with Crippen molar-refractivity contribution in [3.05, 3.63) is 70.5 Å². The lowest BCUT2D eigenvalue weighted by Gasteiger charge is -2.05. The molecule has 2 aromatic carbocycles. The average molecular weight is 277 g/mol. The molecule has 0 saturated heterocycles. The Kier molecular flexibility index (Phi) is 4.69. The third-order valence-corrected chi connectivity index (χ3v) is 3.38. The molecular formula is C16H14ClFO. The summed E-state index contributed by atoms with van der Waals surface area (Å²) in [6.45, 7) is 0. The average Bonchev–Trinajstić information content (AvgIpc) is 2.43. The van der Waals surface area contributed by atoms with Crippen LogP contribution in [0.5, 0.6) is 0 Å². The van der Waals surface area contributed by atoms with Crippen molar-refractivity contribution in [3.63, 3.8) is 0 Å². The highest BCUT2D eigenvalue weighted by Gasteiger charge is 2.10. The number of hydrogen-bond acceptors (Lipinski definition) is 1. The van der Waals surface area contributed by atoms with Crippen molar-refractivity contribution in [2.45, 2.75) is 19.3 Å². The van der Waals surface area contributed by atoms with Crippen molar-refractivity contribution in [1.29, 1.82) is 0 Å². The third kappa shape index (κ3) is 3.90. The van der Waals surface area contributed by atoms with Gasteiger partial charge in [0.1, 0.15) is 11.6 Å². The van der Waals surface area contributed by atoms with Gasteiger partial charge in [-0.15, -0.1) is 0 Å². The number of carbonyl (C=O) groups excluding carboxylic acids is 1. The highest BCUT2D eigenvalue weighted by atomic mass is 35.5. The smallest absolute Gasteiger partial charge is 0.142 e. The van der Waals surface area contributed by atoms with Gasteiger partial charge in [0.15, 0.2) is 0 Å². The summed E-state index contributed by atoms with van der Waals surface area (Å²) in [4.78, 5) is 11.9. The van der Waals surface area contributed by atoms with Crippen molar-refractivity contribution >= 4 is 17.4 Å². The zero-order valence-electron chi connectivity index (χ0n) is 10.4. The van der Waals surface area contributed by atoms with Crippen molar-refractivity contribution in [1.82, 2.24) is 0 Å². The largest absolute Gasteiger partial charge is 0.299 e. The second-order valence-corrected chi connectivity index (χ2v) is 4.79. The fraction of sp³-hybridized carbons (Fsp3) is 0.188. The van der Waals surface area contributed by atoms with Crippen LogP contribution in [0.15, 0.2) is 48.5 Å². The first-order chi connectivity index (χ1) is 9.16. The molecule has 0 bridgehead atoms. The molecule has 2 rings (SSSR count). The lowest BCUT2D eigenvalue weighted by molar-refractivity contribution is -0.118. The minimum Gasteiger partial charge on any atom is -0.299 e. The number of aryl methyl sites for hydroxylation is 1. The molecule has 98 valence electrons. The van der Waals surface area contributed by atoms with E-state index in [0.717, 1.165) is 5.56 Å². The number of ketones is 1. The summed E-state index contributed by atoms with van der Waals surface area (Å²) in [5.74, 6) is -0.411. The monoisotopic (exact) mass is 276 g/mol. The Balaban J connectivity index is 1.93. The summed E-state index contributed by atoms with van der Waals surface area (Å²) < 4.78 is 13.2. The number of benzene rings is 2. The zero-order chi connectivity index (χ0) is 13.7. The molecule has 0 N–H and O–H groups in total. The maximum Gasteiger partial charge on any atom is 0.142 e. The maximum absolute atomic E-state index is 13.2. The Morgan fingerprint density at radius 2 is 1.79 bits per heavy atom. The topological polar surface area (TPSA) is 17.1 Å². The molecule has 0 aliphatic carbocycles. The maximum atomic E-state index is 13.2. The van der Waals surface area contributed by atoms with E-state index in [1.54, 1.807) is 12.1 Å². The lowest BCUT2D eigenvalue weighted by atomic mass is 10.0. The molecule has 3 heteroatoms. The van der Waals surface area contributed by atoms with Crippen LogP contribution < -0.4 is 0 Å². The van der Waals surface area contributed by atoms with Crippen LogP contribution >= 0.6 is 11.6 Å². The first-order valence-corrected chi connectivity index (χ1v) is 6.53. The fourth-order valence-electron chi connectivity index (χ4n) is 1.91. The van der Waals surface area contributed by atoms with Gasteiger partial charge in [-0.05, 0) is 23.6 Å². The van der Waals surface area contributed by atoms with E-state index in [1.807, 2.05) is 30.3 Å². The quantitative estimate of drug-likeness (QED) is 0.799. The highest BCUT2D eigenvalue weighted by Crippen LogP contribution is 2.20. The first kappa shape index (κ1) is 13.8. The minimum atomic E-state index is -0.477. The lowest BCUT2D eigenvalue weighted by Crippen LogP contribution is -2.05.